The van der Waals surface area contributed by atoms with Crippen LogP contribution in [0.25, 0.3) is 0 Å². The summed E-state index contributed by atoms with van der Waals surface area (Å²) >= 11 is 5.26. The van der Waals surface area contributed by atoms with Crippen molar-refractivity contribution in [1.82, 2.24) is 9.80 Å². The highest BCUT2D eigenvalue weighted by Gasteiger charge is 2.30. The second kappa shape index (κ2) is 10.3. The Morgan fingerprint density at radius 2 is 1.26 bits per heavy atom. The second-order valence-electron chi connectivity index (χ2n) is 5.71. The van der Waals surface area contributed by atoms with Gasteiger partial charge in [0.1, 0.15) is 13.2 Å². The van der Waals surface area contributed by atoms with E-state index in [1.807, 2.05) is 67.6 Å². The van der Waals surface area contributed by atoms with Gasteiger partial charge in [-0.15, -0.1) is 0 Å². The van der Waals surface area contributed by atoms with Crippen molar-refractivity contribution in [3.63, 3.8) is 0 Å². The lowest BCUT2D eigenvalue weighted by molar-refractivity contribution is 0.0868. The van der Waals surface area contributed by atoms with Gasteiger partial charge >= 0.3 is 12.2 Å². The van der Waals surface area contributed by atoms with Crippen molar-refractivity contribution in [3.05, 3.63) is 71.8 Å². The zero-order valence-corrected chi connectivity index (χ0v) is 16.1. The highest BCUT2D eigenvalue weighted by atomic mass is 32.1. The number of rotatable bonds is 5. The van der Waals surface area contributed by atoms with Gasteiger partial charge in [-0.3, -0.25) is 0 Å². The zero-order chi connectivity index (χ0) is 19.6. The number of imide groups is 1. The molecule has 0 bridgehead atoms. The van der Waals surface area contributed by atoms with Crippen LogP contribution in [0, 0.1) is 0 Å². The highest BCUT2D eigenvalue weighted by molar-refractivity contribution is 7.80. The van der Waals surface area contributed by atoms with Crippen molar-refractivity contribution in [3.8, 4) is 0 Å². The van der Waals surface area contributed by atoms with Crippen molar-refractivity contribution in [2.24, 2.45) is 0 Å². The third kappa shape index (κ3) is 6.07. The molecule has 2 aromatic rings. The van der Waals surface area contributed by atoms with Gasteiger partial charge in [-0.1, -0.05) is 60.7 Å². The van der Waals surface area contributed by atoms with E-state index in [0.717, 1.165) is 16.0 Å². The summed E-state index contributed by atoms with van der Waals surface area (Å²) < 4.78 is 10.5. The number of nitrogens with zero attached hydrogens (tertiary/aromatic N) is 2. The lowest BCUT2D eigenvalue weighted by Gasteiger charge is -2.26. The lowest BCUT2D eigenvalue weighted by Crippen LogP contribution is -2.48. The van der Waals surface area contributed by atoms with Gasteiger partial charge < -0.3 is 14.4 Å². The summed E-state index contributed by atoms with van der Waals surface area (Å²) in [7, 11) is 1.68. The van der Waals surface area contributed by atoms with E-state index in [9.17, 15) is 9.59 Å². The molecule has 0 N–H and O–H groups in total. The largest absolute Gasteiger partial charge is 0.444 e. The molecular weight excluding hydrogens is 364 g/mol. The van der Waals surface area contributed by atoms with Crippen LogP contribution < -0.4 is 0 Å². The zero-order valence-electron chi connectivity index (χ0n) is 15.3. The van der Waals surface area contributed by atoms with Gasteiger partial charge in [0.05, 0.1) is 0 Å². The molecule has 2 rings (SSSR count). The fraction of sp³-hybridized carbons (Fsp3) is 0.250. The lowest BCUT2D eigenvalue weighted by atomic mass is 10.2. The van der Waals surface area contributed by atoms with Crippen molar-refractivity contribution in [1.29, 1.82) is 0 Å². The minimum Gasteiger partial charge on any atom is -0.444 e. The van der Waals surface area contributed by atoms with Crippen molar-refractivity contribution in [2.75, 3.05) is 13.6 Å². The fourth-order valence-electron chi connectivity index (χ4n) is 2.10. The van der Waals surface area contributed by atoms with E-state index in [1.165, 1.54) is 0 Å². The van der Waals surface area contributed by atoms with E-state index in [2.05, 4.69) is 0 Å². The Morgan fingerprint density at radius 1 is 0.852 bits per heavy atom. The van der Waals surface area contributed by atoms with Gasteiger partial charge in [0.25, 0.3) is 0 Å². The number of benzene rings is 2. The minimum atomic E-state index is -0.873. The van der Waals surface area contributed by atoms with Crippen molar-refractivity contribution in [2.45, 2.75) is 20.1 Å². The number of carbonyl (C=O) groups excluding carboxylic acids is 2. The van der Waals surface area contributed by atoms with E-state index in [-0.39, 0.29) is 18.3 Å². The molecule has 2 amide bonds. The van der Waals surface area contributed by atoms with E-state index in [0.29, 0.717) is 6.54 Å². The summed E-state index contributed by atoms with van der Waals surface area (Å²) in [6, 6.07) is 18.4. The number of thiocarbonyl (C=S) groups is 1. The molecule has 0 heterocycles. The standard InChI is InChI=1S/C20H22N2O4S/c1-3-21(2)18(27)22(19(23)25-14-16-10-6-4-7-11-16)20(24)26-15-17-12-8-5-9-13-17/h4-13H,3,14-15H2,1-2H3. The van der Waals surface area contributed by atoms with E-state index in [1.54, 1.807) is 11.9 Å². The van der Waals surface area contributed by atoms with Crippen molar-refractivity contribution < 1.29 is 19.1 Å². The van der Waals surface area contributed by atoms with Crippen LogP contribution in [0.5, 0.6) is 0 Å². The highest BCUT2D eigenvalue weighted by Crippen LogP contribution is 2.10. The third-order valence-corrected chi connectivity index (χ3v) is 4.26. The van der Waals surface area contributed by atoms with Gasteiger partial charge in [0.2, 0.25) is 0 Å². The van der Waals surface area contributed by atoms with Crippen molar-refractivity contribution >= 4 is 29.5 Å². The van der Waals surface area contributed by atoms with E-state index < -0.39 is 12.2 Å². The maximum absolute atomic E-state index is 12.5. The summed E-state index contributed by atoms with van der Waals surface area (Å²) in [5.74, 6) is 0. The third-order valence-electron chi connectivity index (χ3n) is 3.77. The molecule has 0 spiro atoms. The van der Waals surface area contributed by atoms with Gasteiger partial charge in [-0.05, 0) is 30.3 Å². The Bertz CT molecular complexity index is 713. The number of carbonyl (C=O) groups is 2. The average molecular weight is 386 g/mol. The van der Waals surface area contributed by atoms with Crippen LogP contribution in [0.3, 0.4) is 0 Å². The molecule has 2 aromatic carbocycles. The molecule has 0 atom stereocenters. The molecule has 142 valence electrons. The van der Waals surface area contributed by atoms with Crippen LogP contribution in [0.4, 0.5) is 9.59 Å². The van der Waals surface area contributed by atoms with Crippen LogP contribution in [0.15, 0.2) is 60.7 Å². The second-order valence-corrected chi connectivity index (χ2v) is 6.08. The summed E-state index contributed by atoms with van der Waals surface area (Å²) in [4.78, 5) is 27.4. The van der Waals surface area contributed by atoms with Gasteiger partial charge in [-0.25, -0.2) is 9.59 Å². The number of amides is 2. The first-order valence-corrected chi connectivity index (χ1v) is 8.90. The topological polar surface area (TPSA) is 59.1 Å². The molecule has 0 aliphatic rings. The molecule has 6 nitrogen and oxygen atoms in total. The van der Waals surface area contributed by atoms with Crippen LogP contribution in [0.1, 0.15) is 18.1 Å². The van der Waals surface area contributed by atoms with Gasteiger partial charge in [-0.2, -0.15) is 4.90 Å². The normalized spacial score (nSPS) is 10.0. The molecule has 0 saturated heterocycles. The van der Waals surface area contributed by atoms with Crippen LogP contribution in [-0.4, -0.2) is 40.7 Å². The molecular formula is C20H22N2O4S. The SMILES string of the molecule is CCN(C)C(=S)N(C(=O)OCc1ccccc1)C(=O)OCc1ccccc1. The first kappa shape index (κ1) is 20.4. The van der Waals surface area contributed by atoms with E-state index >= 15 is 0 Å². The number of ether oxygens (including phenoxy) is 2. The van der Waals surface area contributed by atoms with Gasteiger partial charge in [0.15, 0.2) is 5.11 Å². The number of hydrogen-bond acceptors (Lipinski definition) is 5. The summed E-state index contributed by atoms with van der Waals surface area (Å²) in [5, 5.41) is 0.0219. The Labute approximate surface area is 164 Å². The maximum atomic E-state index is 12.5. The van der Waals surface area contributed by atoms with Crippen LogP contribution in [0.2, 0.25) is 0 Å². The predicted molar refractivity (Wildman–Crippen MR) is 106 cm³/mol. The molecule has 0 radical (unpaired) electrons. The molecule has 0 saturated carbocycles. The Hall–Kier alpha value is -2.93. The molecule has 0 aliphatic heterocycles. The first-order valence-electron chi connectivity index (χ1n) is 8.49. The molecule has 27 heavy (non-hydrogen) atoms. The summed E-state index contributed by atoms with van der Waals surface area (Å²) in [5.41, 5.74) is 1.61. The first-order chi connectivity index (χ1) is 13.0. The summed E-state index contributed by atoms with van der Waals surface area (Å²) in [6.07, 6.45) is -1.75. The monoisotopic (exact) mass is 386 g/mol. The summed E-state index contributed by atoms with van der Waals surface area (Å²) in [6.45, 7) is 2.43. The minimum absolute atomic E-state index is 0.0219. The maximum Gasteiger partial charge on any atom is 0.426 e. The fourth-order valence-corrected chi connectivity index (χ4v) is 2.38. The predicted octanol–water partition coefficient (Wildman–Crippen LogP) is 4.20. The Kier molecular flexibility index (Phi) is 7.76. The molecule has 7 heteroatoms. The van der Waals surface area contributed by atoms with Crippen LogP contribution >= 0.6 is 12.2 Å². The average Bonchev–Trinajstić information content (AvgIpc) is 2.71. The molecule has 0 unspecified atom stereocenters. The van der Waals surface area contributed by atoms with Gasteiger partial charge in [0, 0.05) is 13.6 Å². The van der Waals surface area contributed by atoms with E-state index in [4.69, 9.17) is 21.7 Å². The molecule has 0 aliphatic carbocycles. The molecule has 0 aromatic heterocycles. The Morgan fingerprint density at radius 3 is 1.63 bits per heavy atom. The Balaban J connectivity index is 2.06. The molecule has 0 fully saturated rings. The quantitative estimate of drug-likeness (QED) is 0.718. The van der Waals surface area contributed by atoms with Crippen LogP contribution in [-0.2, 0) is 22.7 Å². The smallest absolute Gasteiger partial charge is 0.426 e. The number of hydrogen-bond donors (Lipinski definition) is 0.